The van der Waals surface area contributed by atoms with E-state index in [1.807, 2.05) is 22.9 Å². The van der Waals surface area contributed by atoms with Crippen molar-refractivity contribution in [2.45, 2.75) is 44.3 Å². The zero-order valence-corrected chi connectivity index (χ0v) is 18.8. The van der Waals surface area contributed by atoms with Gasteiger partial charge in [-0.3, -0.25) is 9.80 Å². The van der Waals surface area contributed by atoms with Crippen LogP contribution in [0.2, 0.25) is 0 Å². The second-order valence-corrected chi connectivity index (χ2v) is 8.84. The van der Waals surface area contributed by atoms with Crippen molar-refractivity contribution >= 4 is 0 Å². The van der Waals surface area contributed by atoms with Gasteiger partial charge in [-0.2, -0.15) is 0 Å². The van der Waals surface area contributed by atoms with Gasteiger partial charge in [0, 0.05) is 37.8 Å². The molecule has 2 aromatic carbocycles. The summed E-state index contributed by atoms with van der Waals surface area (Å²) < 4.78 is 7.70. The molecule has 1 saturated carbocycles. The van der Waals surface area contributed by atoms with E-state index in [1.165, 1.54) is 31.2 Å². The minimum Gasteiger partial charge on any atom is -0.496 e. The molecule has 1 aromatic heterocycles. The van der Waals surface area contributed by atoms with Crippen LogP contribution in [0.1, 0.15) is 48.7 Å². The van der Waals surface area contributed by atoms with Crippen LogP contribution in [0.25, 0.3) is 0 Å². The van der Waals surface area contributed by atoms with Gasteiger partial charge in [0.2, 0.25) is 0 Å². The number of ether oxygens (including phenoxy) is 1. The van der Waals surface area contributed by atoms with Crippen LogP contribution in [0, 0.1) is 0 Å². The summed E-state index contributed by atoms with van der Waals surface area (Å²) in [4.78, 5) is 5.21. The maximum atomic E-state index is 5.76. The molecule has 5 rings (SSSR count). The molecule has 1 aliphatic heterocycles. The molecule has 168 valence electrons. The van der Waals surface area contributed by atoms with E-state index in [0.717, 1.165) is 49.4 Å². The summed E-state index contributed by atoms with van der Waals surface area (Å²) in [5.41, 5.74) is 2.30. The Hall–Kier alpha value is -2.77. The summed E-state index contributed by atoms with van der Waals surface area (Å²) in [6, 6.07) is 19.4. The SMILES string of the molecule is COc1ccccc1[C@@H](c1nnnn1Cc1ccccc1)N1CCN(C2CCCC2)CC1. The lowest BCUT2D eigenvalue weighted by Crippen LogP contribution is -2.51. The van der Waals surface area contributed by atoms with Gasteiger partial charge in [0.25, 0.3) is 0 Å². The van der Waals surface area contributed by atoms with Crippen molar-refractivity contribution in [3.63, 3.8) is 0 Å². The molecule has 32 heavy (non-hydrogen) atoms. The van der Waals surface area contributed by atoms with Crippen LogP contribution in [0.5, 0.6) is 5.75 Å². The lowest BCUT2D eigenvalue weighted by molar-refractivity contribution is 0.0764. The van der Waals surface area contributed by atoms with Gasteiger partial charge in [-0.05, 0) is 34.9 Å². The van der Waals surface area contributed by atoms with Crippen molar-refractivity contribution in [3.8, 4) is 5.75 Å². The van der Waals surface area contributed by atoms with Crippen LogP contribution in [-0.4, -0.2) is 69.3 Å². The average molecular weight is 433 g/mol. The van der Waals surface area contributed by atoms with Crippen molar-refractivity contribution < 1.29 is 4.74 Å². The van der Waals surface area contributed by atoms with Crippen molar-refractivity contribution in [2.24, 2.45) is 0 Å². The molecule has 2 fully saturated rings. The number of para-hydroxylation sites is 1. The summed E-state index contributed by atoms with van der Waals surface area (Å²) in [7, 11) is 1.74. The summed E-state index contributed by atoms with van der Waals surface area (Å²) >= 11 is 0. The van der Waals surface area contributed by atoms with Gasteiger partial charge in [0.1, 0.15) is 11.8 Å². The molecule has 1 saturated heterocycles. The Morgan fingerprint density at radius 1 is 0.938 bits per heavy atom. The quantitative estimate of drug-likeness (QED) is 0.571. The van der Waals surface area contributed by atoms with Crippen LogP contribution in [0.3, 0.4) is 0 Å². The van der Waals surface area contributed by atoms with Gasteiger partial charge in [-0.1, -0.05) is 61.4 Å². The second-order valence-electron chi connectivity index (χ2n) is 8.84. The first-order valence-corrected chi connectivity index (χ1v) is 11.7. The van der Waals surface area contributed by atoms with Crippen LogP contribution >= 0.6 is 0 Å². The van der Waals surface area contributed by atoms with Gasteiger partial charge in [0.05, 0.1) is 13.7 Å². The summed E-state index contributed by atoms with van der Waals surface area (Å²) in [6.07, 6.45) is 5.46. The first-order valence-electron chi connectivity index (χ1n) is 11.7. The normalized spacial score (nSPS) is 19.3. The predicted molar refractivity (Wildman–Crippen MR) is 124 cm³/mol. The molecule has 7 nitrogen and oxygen atoms in total. The van der Waals surface area contributed by atoms with E-state index < -0.39 is 0 Å². The van der Waals surface area contributed by atoms with Crippen molar-refractivity contribution in [1.29, 1.82) is 0 Å². The third-order valence-electron chi connectivity index (χ3n) is 6.97. The monoisotopic (exact) mass is 432 g/mol. The van der Waals surface area contributed by atoms with Crippen LogP contribution in [0.15, 0.2) is 54.6 Å². The number of piperazine rings is 1. The predicted octanol–water partition coefficient (Wildman–Crippen LogP) is 3.38. The van der Waals surface area contributed by atoms with E-state index in [2.05, 4.69) is 61.7 Å². The number of nitrogens with zero attached hydrogens (tertiary/aromatic N) is 6. The van der Waals surface area contributed by atoms with Crippen molar-refractivity contribution in [3.05, 3.63) is 71.5 Å². The Bertz CT molecular complexity index is 992. The molecular formula is C25H32N6O. The molecular weight excluding hydrogens is 400 g/mol. The molecule has 0 unspecified atom stereocenters. The van der Waals surface area contributed by atoms with Gasteiger partial charge in [-0.15, -0.1) is 5.10 Å². The molecule has 0 spiro atoms. The average Bonchev–Trinajstić information content (AvgIpc) is 3.54. The fraction of sp³-hybridized carbons (Fsp3) is 0.480. The second kappa shape index (κ2) is 9.79. The van der Waals surface area contributed by atoms with Gasteiger partial charge < -0.3 is 4.74 Å². The standard InChI is InChI=1S/C25H32N6O/c1-32-23-14-8-7-13-22(23)24(30-17-15-29(16-18-30)21-11-5-6-12-21)25-26-27-28-31(25)19-20-9-3-2-4-10-20/h2-4,7-10,13-14,21,24H,5-6,11-12,15-19H2,1H3/t24-/m0/s1. The molecule has 1 aliphatic carbocycles. The topological polar surface area (TPSA) is 59.3 Å². The molecule has 3 aromatic rings. The Balaban J connectivity index is 1.45. The van der Waals surface area contributed by atoms with Crippen molar-refractivity contribution in [1.82, 2.24) is 30.0 Å². The molecule has 2 aliphatic rings. The fourth-order valence-electron chi connectivity index (χ4n) is 5.30. The van der Waals surface area contributed by atoms with E-state index in [0.29, 0.717) is 6.54 Å². The third kappa shape index (κ3) is 4.40. The zero-order chi connectivity index (χ0) is 21.8. The molecule has 2 heterocycles. The summed E-state index contributed by atoms with van der Waals surface area (Å²) in [5.74, 6) is 1.75. The maximum absolute atomic E-state index is 5.76. The van der Waals surface area contributed by atoms with Gasteiger partial charge >= 0.3 is 0 Å². The minimum atomic E-state index is -0.0457. The number of rotatable bonds is 7. The number of aromatic nitrogens is 4. The van der Waals surface area contributed by atoms with Crippen LogP contribution in [-0.2, 0) is 6.54 Å². The minimum absolute atomic E-state index is 0.0457. The highest BCUT2D eigenvalue weighted by Crippen LogP contribution is 2.35. The lowest BCUT2D eigenvalue weighted by Gasteiger charge is -2.41. The third-order valence-corrected chi connectivity index (χ3v) is 6.97. The van der Waals surface area contributed by atoms with Crippen molar-refractivity contribution in [2.75, 3.05) is 33.3 Å². The van der Waals surface area contributed by atoms with Crippen LogP contribution < -0.4 is 4.74 Å². The van der Waals surface area contributed by atoms with Gasteiger partial charge in [-0.25, -0.2) is 4.68 Å². The van der Waals surface area contributed by atoms with E-state index in [1.54, 1.807) is 7.11 Å². The van der Waals surface area contributed by atoms with Crippen LogP contribution in [0.4, 0.5) is 0 Å². The number of hydrogen-bond acceptors (Lipinski definition) is 6. The first kappa shape index (κ1) is 21.1. The Morgan fingerprint density at radius 3 is 2.41 bits per heavy atom. The highest BCUT2D eigenvalue weighted by Gasteiger charge is 2.34. The molecule has 1 atom stereocenters. The lowest BCUT2D eigenvalue weighted by atomic mass is 10.0. The van der Waals surface area contributed by atoms with E-state index in [-0.39, 0.29) is 6.04 Å². The molecule has 0 radical (unpaired) electrons. The number of hydrogen-bond donors (Lipinski definition) is 0. The van der Waals surface area contributed by atoms with Gasteiger partial charge in [0.15, 0.2) is 5.82 Å². The highest BCUT2D eigenvalue weighted by molar-refractivity contribution is 5.39. The maximum Gasteiger partial charge on any atom is 0.173 e. The Morgan fingerprint density at radius 2 is 1.66 bits per heavy atom. The number of benzene rings is 2. The highest BCUT2D eigenvalue weighted by atomic mass is 16.5. The fourth-order valence-corrected chi connectivity index (χ4v) is 5.30. The molecule has 0 bridgehead atoms. The zero-order valence-electron chi connectivity index (χ0n) is 18.8. The smallest absolute Gasteiger partial charge is 0.173 e. The molecule has 7 heteroatoms. The number of tetrazole rings is 1. The largest absolute Gasteiger partial charge is 0.496 e. The van der Waals surface area contributed by atoms with E-state index in [9.17, 15) is 0 Å². The van der Waals surface area contributed by atoms with E-state index in [4.69, 9.17) is 4.74 Å². The Kier molecular flexibility index (Phi) is 6.46. The Labute approximate surface area is 190 Å². The number of methoxy groups -OCH3 is 1. The first-order chi connectivity index (χ1) is 15.8. The van der Waals surface area contributed by atoms with E-state index >= 15 is 0 Å². The molecule has 0 N–H and O–H groups in total. The molecule has 0 amide bonds. The summed E-state index contributed by atoms with van der Waals surface area (Å²) in [6.45, 7) is 4.83. The summed E-state index contributed by atoms with van der Waals surface area (Å²) in [5, 5.41) is 13.0.